The first kappa shape index (κ1) is 44.1. The topological polar surface area (TPSA) is 234 Å². The fourth-order valence-electron chi connectivity index (χ4n) is 6.97. The molecule has 5 aliphatic rings. The van der Waals surface area contributed by atoms with Gasteiger partial charge in [-0.3, -0.25) is 33.8 Å². The molecule has 6 N–H and O–H groups in total. The fourth-order valence-corrected chi connectivity index (χ4v) is 6.97. The quantitative estimate of drug-likeness (QED) is 0.229. The Morgan fingerprint density at radius 2 is 1.72 bits per heavy atom. The van der Waals surface area contributed by atoms with E-state index >= 15 is 0 Å². The van der Waals surface area contributed by atoms with Crippen LogP contribution >= 0.6 is 0 Å². The van der Waals surface area contributed by atoms with Crippen molar-refractivity contribution in [3.63, 3.8) is 0 Å². The Morgan fingerprint density at radius 3 is 2.26 bits per heavy atom. The number of carbonyl (C=O) groups excluding carboxylic acids is 6. The summed E-state index contributed by atoms with van der Waals surface area (Å²) in [6, 6.07) is 3.15. The predicted octanol–water partition coefficient (Wildman–Crippen LogP) is 1.64. The number of amides is 6. The van der Waals surface area contributed by atoms with Gasteiger partial charge in [-0.25, -0.2) is 4.98 Å². The van der Waals surface area contributed by atoms with Crippen molar-refractivity contribution in [3.05, 3.63) is 47.2 Å². The second-order valence-corrected chi connectivity index (χ2v) is 14.3. The number of likely N-dealkylation sites (tertiary alicyclic amines) is 3. The van der Waals surface area contributed by atoms with E-state index in [9.17, 15) is 28.8 Å². The van der Waals surface area contributed by atoms with Gasteiger partial charge < -0.3 is 50.9 Å². The fraction of sp³-hybridized carbons (Fsp3) is 0.538. The lowest BCUT2D eigenvalue weighted by molar-refractivity contribution is -0.135. The lowest BCUT2D eigenvalue weighted by atomic mass is 10.1. The summed E-state index contributed by atoms with van der Waals surface area (Å²) in [4.78, 5) is 83.0. The molecule has 7 heterocycles. The van der Waals surface area contributed by atoms with Crippen LogP contribution in [-0.4, -0.2) is 135 Å². The molecule has 18 heteroatoms. The number of aliphatic imine (C=N–C) groups is 1. The van der Waals surface area contributed by atoms with E-state index in [0.29, 0.717) is 30.2 Å². The summed E-state index contributed by atoms with van der Waals surface area (Å²) in [5, 5.41) is 10.7. The van der Waals surface area contributed by atoms with E-state index in [4.69, 9.17) is 14.9 Å². The van der Waals surface area contributed by atoms with Crippen LogP contribution in [0.15, 0.2) is 50.8 Å². The van der Waals surface area contributed by atoms with Gasteiger partial charge in [0.25, 0.3) is 11.8 Å². The number of ether oxygens (including phenoxy) is 1. The van der Waals surface area contributed by atoms with E-state index in [-0.39, 0.29) is 46.0 Å². The molecule has 0 aliphatic carbocycles. The zero-order valence-corrected chi connectivity index (χ0v) is 33.3. The highest BCUT2D eigenvalue weighted by atomic mass is 16.5. The number of nitrogens with two attached hydrogens (primary N) is 1. The average Bonchev–Trinajstić information content (AvgIpc) is 4.01. The van der Waals surface area contributed by atoms with E-state index in [0.717, 1.165) is 58.3 Å². The number of aromatic nitrogens is 1. The highest BCUT2D eigenvalue weighted by molar-refractivity contribution is 6.10. The molecule has 18 nitrogen and oxygen atoms in total. The summed E-state index contributed by atoms with van der Waals surface area (Å²) >= 11 is 0. The van der Waals surface area contributed by atoms with Crippen LogP contribution in [-0.2, 0) is 28.7 Å². The number of rotatable bonds is 9. The van der Waals surface area contributed by atoms with Gasteiger partial charge in [-0.2, -0.15) is 0 Å². The van der Waals surface area contributed by atoms with E-state index in [1.54, 1.807) is 19.1 Å². The zero-order chi connectivity index (χ0) is 41.3. The van der Waals surface area contributed by atoms with Gasteiger partial charge in [0.1, 0.15) is 11.4 Å². The number of furan rings is 1. The molecule has 7 rings (SSSR count). The third kappa shape index (κ3) is 12.7. The van der Waals surface area contributed by atoms with Gasteiger partial charge in [-0.15, -0.1) is 0 Å². The number of anilines is 1. The number of nitrogens with one attached hydrogen (secondary N) is 4. The molecule has 6 amide bonds. The normalized spacial score (nSPS) is 21.6. The van der Waals surface area contributed by atoms with Crippen LogP contribution < -0.4 is 27.0 Å². The molecule has 5 aliphatic heterocycles. The molecule has 57 heavy (non-hydrogen) atoms. The predicted molar refractivity (Wildman–Crippen MR) is 214 cm³/mol. The Morgan fingerprint density at radius 1 is 1.00 bits per heavy atom. The van der Waals surface area contributed by atoms with Crippen LogP contribution in [0.25, 0.3) is 11.1 Å². The lowest BCUT2D eigenvalue weighted by Gasteiger charge is -2.32. The minimum atomic E-state index is -0.898. The van der Waals surface area contributed by atoms with Crippen LogP contribution in [0, 0.1) is 0 Å². The third-order valence-electron chi connectivity index (χ3n) is 9.86. The second-order valence-electron chi connectivity index (χ2n) is 14.3. The summed E-state index contributed by atoms with van der Waals surface area (Å²) in [5.41, 5.74) is 5.93. The maximum absolute atomic E-state index is 12.8. The number of hydrogen-bond acceptors (Lipinski definition) is 12. The SMILES string of the molecule is CN1CCC(N2CCCCC2=O)C1.CN1CCCC1.CN=C1OC(C(N)=O)=C(NC=O)/C1=C/C(C)NC(=O)c1oc2ncccc2c1NC=O.O=C1CCCCN1. The van der Waals surface area contributed by atoms with Crippen LogP contribution in [0.4, 0.5) is 5.69 Å². The van der Waals surface area contributed by atoms with Crippen molar-refractivity contribution in [2.24, 2.45) is 10.7 Å². The molecular formula is C39H56N10O8. The van der Waals surface area contributed by atoms with Crippen molar-refractivity contribution in [1.29, 1.82) is 0 Å². The van der Waals surface area contributed by atoms with Crippen LogP contribution in [0.3, 0.4) is 0 Å². The molecule has 0 bridgehead atoms. The van der Waals surface area contributed by atoms with Crippen LogP contribution in [0.5, 0.6) is 0 Å². The molecule has 2 atom stereocenters. The number of fused-ring (bicyclic) bond motifs is 1. The first-order valence-corrected chi connectivity index (χ1v) is 19.4. The Bertz CT molecular complexity index is 1830. The molecule has 4 saturated heterocycles. The summed E-state index contributed by atoms with van der Waals surface area (Å²) < 4.78 is 10.8. The Hall–Kier alpha value is -5.62. The van der Waals surface area contributed by atoms with E-state index in [2.05, 4.69) is 60.0 Å². The van der Waals surface area contributed by atoms with Gasteiger partial charge in [0.2, 0.25) is 47.8 Å². The highest BCUT2D eigenvalue weighted by Gasteiger charge is 2.33. The summed E-state index contributed by atoms with van der Waals surface area (Å²) in [6.07, 6.45) is 13.8. The summed E-state index contributed by atoms with van der Waals surface area (Å²) in [6.45, 7) is 8.38. The molecule has 2 aromatic heterocycles. The molecule has 2 aromatic rings. The monoisotopic (exact) mass is 792 g/mol. The number of piperidine rings is 2. The second kappa shape index (κ2) is 22.2. The first-order valence-electron chi connectivity index (χ1n) is 19.4. The Kier molecular flexibility index (Phi) is 17.2. The molecule has 0 radical (unpaired) electrons. The molecular weight excluding hydrogens is 736 g/mol. The average molecular weight is 793 g/mol. The van der Waals surface area contributed by atoms with Gasteiger partial charge in [0, 0.05) is 57.8 Å². The number of carbonyl (C=O) groups is 6. The van der Waals surface area contributed by atoms with Crippen molar-refractivity contribution < 1.29 is 37.9 Å². The molecule has 0 aromatic carbocycles. The van der Waals surface area contributed by atoms with E-state index < -0.39 is 17.9 Å². The zero-order valence-electron chi connectivity index (χ0n) is 33.3. The first-order chi connectivity index (χ1) is 27.5. The van der Waals surface area contributed by atoms with Crippen molar-refractivity contribution >= 4 is 59.1 Å². The van der Waals surface area contributed by atoms with Gasteiger partial charge in [-0.1, -0.05) is 0 Å². The number of nitrogens with zero attached hydrogens (tertiary/aromatic N) is 5. The van der Waals surface area contributed by atoms with Crippen molar-refractivity contribution in [3.8, 4) is 0 Å². The minimum Gasteiger partial charge on any atom is -0.431 e. The molecule has 2 unspecified atom stereocenters. The van der Waals surface area contributed by atoms with E-state index in [1.165, 1.54) is 58.1 Å². The largest absolute Gasteiger partial charge is 0.431 e. The van der Waals surface area contributed by atoms with Gasteiger partial charge in [-0.05, 0) is 104 Å². The van der Waals surface area contributed by atoms with Crippen LogP contribution in [0.1, 0.15) is 75.3 Å². The van der Waals surface area contributed by atoms with Crippen LogP contribution in [0.2, 0.25) is 0 Å². The van der Waals surface area contributed by atoms with Crippen molar-refractivity contribution in [1.82, 2.24) is 35.6 Å². The highest BCUT2D eigenvalue weighted by Crippen LogP contribution is 2.30. The van der Waals surface area contributed by atoms with Gasteiger partial charge in [0.05, 0.1) is 11.0 Å². The number of pyridine rings is 1. The van der Waals surface area contributed by atoms with Crippen molar-refractivity contribution in [2.75, 3.05) is 65.7 Å². The third-order valence-corrected chi connectivity index (χ3v) is 9.86. The standard InChI is InChI=1S/C19H18N6O6.C10H18N2O.C5H9NO.C5H11N/c1-9(6-11-13(24-8-27)14(16(20)28)30-18(11)21-2)25-17(29)15-12(23-7-26)10-4-3-5-22-19(10)31-15;1-11-7-5-9(8-11)12-6-3-2-4-10(12)13;7-5-3-1-2-4-6-5;1-6-4-2-3-5-6/h3-9H,1-2H3,(H2,20,28)(H,23,26)(H,24,27)(H,25,29);9H,2-8H2,1H3;1-4H2,(H,6,7);2-5H2,1H3/b11-6-,21-18?;;;. The Labute approximate surface area is 332 Å². The summed E-state index contributed by atoms with van der Waals surface area (Å²) in [5.74, 6) is -1.32. The maximum Gasteiger partial charge on any atom is 0.289 e. The minimum absolute atomic E-state index is 0.0282. The number of likely N-dealkylation sites (N-methyl/N-ethyl adjacent to an activating group) is 1. The van der Waals surface area contributed by atoms with Gasteiger partial charge in [0.15, 0.2) is 0 Å². The maximum atomic E-state index is 12.8. The summed E-state index contributed by atoms with van der Waals surface area (Å²) in [7, 11) is 5.73. The van der Waals surface area contributed by atoms with E-state index in [1.807, 2.05) is 0 Å². The number of hydrogen-bond donors (Lipinski definition) is 5. The molecule has 310 valence electrons. The number of primary amides is 1. The smallest absolute Gasteiger partial charge is 0.289 e. The lowest BCUT2D eigenvalue weighted by Crippen LogP contribution is -2.44. The molecule has 4 fully saturated rings. The Balaban J connectivity index is 0.000000221. The van der Waals surface area contributed by atoms with Gasteiger partial charge >= 0.3 is 0 Å². The molecule has 0 saturated carbocycles. The molecule has 0 spiro atoms. The van der Waals surface area contributed by atoms with Crippen molar-refractivity contribution in [2.45, 2.75) is 76.8 Å².